The van der Waals surface area contributed by atoms with Gasteiger partial charge in [0, 0.05) is 11.6 Å². The van der Waals surface area contributed by atoms with Crippen molar-refractivity contribution < 1.29 is 18.7 Å². The monoisotopic (exact) mass is 278 g/mol. The summed E-state index contributed by atoms with van der Waals surface area (Å²) in [6.07, 6.45) is 0.710. The van der Waals surface area contributed by atoms with Crippen molar-refractivity contribution in [3.05, 3.63) is 17.7 Å². The standard InChI is InChI=1S/C14H18N2O4/c1-5-8-13(16-20-14(8)15)9-6-11(18-3)12(19-4)7-10(9)17-2/h6-7H,5,15H2,1-4H3. The number of ether oxygens (including phenoxy) is 3. The summed E-state index contributed by atoms with van der Waals surface area (Å²) in [5.41, 5.74) is 8.03. The minimum atomic E-state index is 0.319. The normalized spacial score (nSPS) is 10.4. The van der Waals surface area contributed by atoms with Gasteiger partial charge in [0.25, 0.3) is 0 Å². The minimum Gasteiger partial charge on any atom is -0.496 e. The van der Waals surface area contributed by atoms with E-state index in [0.717, 1.165) is 11.1 Å². The summed E-state index contributed by atoms with van der Waals surface area (Å²) in [5.74, 6) is 2.11. The van der Waals surface area contributed by atoms with Crippen molar-refractivity contribution in [2.75, 3.05) is 27.1 Å². The fraction of sp³-hybridized carbons (Fsp3) is 0.357. The van der Waals surface area contributed by atoms with Crippen LogP contribution in [0.2, 0.25) is 0 Å². The maximum Gasteiger partial charge on any atom is 0.225 e. The Hall–Kier alpha value is -2.37. The summed E-state index contributed by atoms with van der Waals surface area (Å²) in [4.78, 5) is 0. The van der Waals surface area contributed by atoms with Crippen molar-refractivity contribution in [2.45, 2.75) is 13.3 Å². The Morgan fingerprint density at radius 2 is 1.65 bits per heavy atom. The summed E-state index contributed by atoms with van der Waals surface area (Å²) in [6, 6.07) is 3.55. The van der Waals surface area contributed by atoms with Crippen LogP contribution in [0.4, 0.5) is 5.88 Å². The molecule has 1 aromatic carbocycles. The Morgan fingerprint density at radius 1 is 1.05 bits per heavy atom. The highest BCUT2D eigenvalue weighted by Gasteiger charge is 2.20. The van der Waals surface area contributed by atoms with Gasteiger partial charge < -0.3 is 24.5 Å². The molecule has 2 N–H and O–H groups in total. The fourth-order valence-corrected chi connectivity index (χ4v) is 2.09. The van der Waals surface area contributed by atoms with E-state index in [9.17, 15) is 0 Å². The quantitative estimate of drug-likeness (QED) is 0.905. The van der Waals surface area contributed by atoms with E-state index in [-0.39, 0.29) is 0 Å². The average molecular weight is 278 g/mol. The average Bonchev–Trinajstić information content (AvgIpc) is 2.86. The molecule has 108 valence electrons. The lowest BCUT2D eigenvalue weighted by Gasteiger charge is -2.13. The maximum absolute atomic E-state index is 5.78. The number of nitrogens with two attached hydrogens (primary N) is 1. The van der Waals surface area contributed by atoms with Gasteiger partial charge >= 0.3 is 0 Å². The molecule has 6 heteroatoms. The van der Waals surface area contributed by atoms with Crippen LogP contribution in [0.3, 0.4) is 0 Å². The van der Waals surface area contributed by atoms with Crippen LogP contribution >= 0.6 is 0 Å². The zero-order valence-electron chi connectivity index (χ0n) is 12.0. The molecule has 0 fully saturated rings. The lowest BCUT2D eigenvalue weighted by atomic mass is 10.0. The molecule has 20 heavy (non-hydrogen) atoms. The van der Waals surface area contributed by atoms with Crippen LogP contribution in [-0.4, -0.2) is 26.5 Å². The molecule has 6 nitrogen and oxygen atoms in total. The van der Waals surface area contributed by atoms with Crippen molar-refractivity contribution >= 4 is 5.88 Å². The van der Waals surface area contributed by atoms with Gasteiger partial charge in [-0.2, -0.15) is 0 Å². The SMILES string of the molecule is CCc1c(-c2cc(OC)c(OC)cc2OC)noc1N. The highest BCUT2D eigenvalue weighted by Crippen LogP contribution is 2.41. The Morgan fingerprint density at radius 3 is 2.20 bits per heavy atom. The van der Waals surface area contributed by atoms with Crippen molar-refractivity contribution in [1.82, 2.24) is 5.16 Å². The van der Waals surface area contributed by atoms with Gasteiger partial charge in [0.2, 0.25) is 5.88 Å². The highest BCUT2D eigenvalue weighted by atomic mass is 16.5. The molecule has 1 aromatic heterocycles. The number of rotatable bonds is 5. The zero-order chi connectivity index (χ0) is 14.7. The highest BCUT2D eigenvalue weighted by molar-refractivity contribution is 5.75. The smallest absolute Gasteiger partial charge is 0.225 e. The number of hydrogen-bond acceptors (Lipinski definition) is 6. The third-order valence-corrected chi connectivity index (χ3v) is 3.13. The number of anilines is 1. The molecule has 0 unspecified atom stereocenters. The molecule has 0 aliphatic heterocycles. The molecule has 1 heterocycles. The van der Waals surface area contributed by atoms with Crippen LogP contribution in [0.1, 0.15) is 12.5 Å². The third-order valence-electron chi connectivity index (χ3n) is 3.13. The predicted octanol–water partition coefficient (Wildman–Crippen LogP) is 2.51. The molecule has 0 bridgehead atoms. The van der Waals surface area contributed by atoms with Gasteiger partial charge in [0.15, 0.2) is 11.5 Å². The zero-order valence-corrected chi connectivity index (χ0v) is 12.0. The molecular formula is C14H18N2O4. The van der Waals surface area contributed by atoms with E-state index in [4.69, 9.17) is 24.5 Å². The topological polar surface area (TPSA) is 79.7 Å². The van der Waals surface area contributed by atoms with Crippen molar-refractivity contribution in [1.29, 1.82) is 0 Å². The molecule has 0 amide bonds. The molecule has 0 saturated heterocycles. The van der Waals surface area contributed by atoms with E-state index in [1.807, 2.05) is 6.92 Å². The first-order chi connectivity index (χ1) is 9.65. The second kappa shape index (κ2) is 5.73. The van der Waals surface area contributed by atoms with Gasteiger partial charge in [0.1, 0.15) is 11.4 Å². The minimum absolute atomic E-state index is 0.319. The first kappa shape index (κ1) is 14.0. The predicted molar refractivity (Wildman–Crippen MR) is 75.4 cm³/mol. The number of hydrogen-bond donors (Lipinski definition) is 1. The summed E-state index contributed by atoms with van der Waals surface area (Å²) in [5, 5.41) is 4.02. The number of methoxy groups -OCH3 is 3. The van der Waals surface area contributed by atoms with E-state index in [2.05, 4.69) is 5.16 Å². The summed E-state index contributed by atoms with van der Waals surface area (Å²) in [6.45, 7) is 1.99. The molecule has 0 radical (unpaired) electrons. The summed E-state index contributed by atoms with van der Waals surface area (Å²) < 4.78 is 21.0. The molecule has 0 aliphatic rings. The summed E-state index contributed by atoms with van der Waals surface area (Å²) >= 11 is 0. The van der Waals surface area contributed by atoms with E-state index >= 15 is 0 Å². The van der Waals surface area contributed by atoms with Crippen LogP contribution in [0.5, 0.6) is 17.2 Å². The van der Waals surface area contributed by atoms with E-state index in [1.54, 1.807) is 33.5 Å². The van der Waals surface area contributed by atoms with Gasteiger partial charge in [0.05, 0.1) is 26.9 Å². The number of benzene rings is 1. The van der Waals surface area contributed by atoms with E-state index < -0.39 is 0 Å². The Balaban J connectivity index is 2.65. The molecule has 2 aromatic rings. The van der Waals surface area contributed by atoms with E-state index in [0.29, 0.717) is 35.2 Å². The van der Waals surface area contributed by atoms with Gasteiger partial charge in [-0.25, -0.2) is 0 Å². The summed E-state index contributed by atoms with van der Waals surface area (Å²) in [7, 11) is 4.73. The molecule has 0 saturated carbocycles. The van der Waals surface area contributed by atoms with E-state index in [1.165, 1.54) is 0 Å². The lowest BCUT2D eigenvalue weighted by Crippen LogP contribution is -1.96. The maximum atomic E-state index is 5.78. The van der Waals surface area contributed by atoms with Gasteiger partial charge in [-0.1, -0.05) is 12.1 Å². The molecule has 0 atom stereocenters. The Kier molecular flexibility index (Phi) is 4.02. The lowest BCUT2D eigenvalue weighted by molar-refractivity contribution is 0.349. The van der Waals surface area contributed by atoms with Gasteiger partial charge in [-0.3, -0.25) is 0 Å². The van der Waals surface area contributed by atoms with Crippen LogP contribution < -0.4 is 19.9 Å². The van der Waals surface area contributed by atoms with Crippen molar-refractivity contribution in [2.24, 2.45) is 0 Å². The second-order valence-electron chi connectivity index (χ2n) is 4.14. The van der Waals surface area contributed by atoms with Crippen molar-refractivity contribution in [3.63, 3.8) is 0 Å². The number of aromatic nitrogens is 1. The van der Waals surface area contributed by atoms with Crippen molar-refractivity contribution in [3.8, 4) is 28.5 Å². The number of nitrogen functional groups attached to an aromatic ring is 1. The van der Waals surface area contributed by atoms with Gasteiger partial charge in [-0.05, 0) is 12.5 Å². The Bertz CT molecular complexity index is 607. The largest absolute Gasteiger partial charge is 0.496 e. The first-order valence-electron chi connectivity index (χ1n) is 6.20. The third kappa shape index (κ3) is 2.24. The Labute approximate surface area is 117 Å². The fourth-order valence-electron chi connectivity index (χ4n) is 2.09. The van der Waals surface area contributed by atoms with Gasteiger partial charge in [-0.15, -0.1) is 0 Å². The van der Waals surface area contributed by atoms with Crippen LogP contribution in [0.25, 0.3) is 11.3 Å². The molecule has 0 spiro atoms. The van der Waals surface area contributed by atoms with Crippen LogP contribution in [0, 0.1) is 0 Å². The number of nitrogens with zero attached hydrogens (tertiary/aromatic N) is 1. The first-order valence-corrected chi connectivity index (χ1v) is 6.20. The molecule has 2 rings (SSSR count). The van der Waals surface area contributed by atoms with Crippen LogP contribution in [0.15, 0.2) is 16.7 Å². The molecular weight excluding hydrogens is 260 g/mol. The molecule has 0 aliphatic carbocycles. The second-order valence-corrected chi connectivity index (χ2v) is 4.14. The van der Waals surface area contributed by atoms with Crippen LogP contribution in [-0.2, 0) is 6.42 Å².